The van der Waals surface area contributed by atoms with E-state index in [9.17, 15) is 18.7 Å². The molecule has 36 nitrogen and oxygen atoms in total. The minimum atomic E-state index is -0.567. The Morgan fingerprint density at radius 1 is 0.360 bits per heavy atom. The van der Waals surface area contributed by atoms with Crippen LogP contribution in [0.2, 0.25) is 0 Å². The highest BCUT2D eigenvalue weighted by Crippen LogP contribution is 2.41. The van der Waals surface area contributed by atoms with Crippen molar-refractivity contribution in [3.05, 3.63) is 320 Å². The Morgan fingerprint density at radius 2 is 0.747 bits per heavy atom. The van der Waals surface area contributed by atoms with Gasteiger partial charge >= 0.3 is 0 Å². The first kappa shape index (κ1) is 96.4. The number of likely N-dealkylation sites (N-methyl/N-ethyl adjacent to an activating group) is 2. The molecule has 0 bridgehead atoms. The van der Waals surface area contributed by atoms with Crippen LogP contribution in [0.5, 0.6) is 5.75 Å². The van der Waals surface area contributed by atoms with Crippen molar-refractivity contribution in [1.82, 2.24) is 133 Å². The summed E-state index contributed by atoms with van der Waals surface area (Å²) < 4.78 is 37.2. The van der Waals surface area contributed by atoms with Crippen LogP contribution in [0, 0.1) is 11.6 Å². The van der Waals surface area contributed by atoms with Crippen LogP contribution in [-0.2, 0) is 43.8 Å². The Hall–Kier alpha value is -18.4. The summed E-state index contributed by atoms with van der Waals surface area (Å²) in [6, 6.07) is 74.4. The zero-order valence-electron chi connectivity index (χ0n) is 81.9. The number of phenols is 1. The van der Waals surface area contributed by atoms with Gasteiger partial charge in [-0.1, -0.05) is 133 Å². The van der Waals surface area contributed by atoms with E-state index in [0.717, 1.165) is 200 Å². The number of benzene rings is 8. The summed E-state index contributed by atoms with van der Waals surface area (Å²) in [7, 11) is 4.34. The van der Waals surface area contributed by atoms with Crippen LogP contribution in [0.4, 0.5) is 48.8 Å². The van der Waals surface area contributed by atoms with E-state index in [0.29, 0.717) is 138 Å². The molecule has 23 aromatic rings. The van der Waals surface area contributed by atoms with Gasteiger partial charge in [0, 0.05) is 181 Å². The van der Waals surface area contributed by atoms with Gasteiger partial charge in [0.1, 0.15) is 100 Å². The van der Waals surface area contributed by atoms with E-state index in [1.165, 1.54) is 61.8 Å². The Balaban J connectivity index is 0.000000113. The minimum Gasteiger partial charge on any atom is -0.508 e. The largest absolute Gasteiger partial charge is 0.508 e. The quantitative estimate of drug-likeness (QED) is 0.0331. The molecule has 150 heavy (non-hydrogen) atoms. The molecule has 0 aliphatic carbocycles. The number of aromatic nitrogens is 23. The third-order valence-corrected chi connectivity index (χ3v) is 27.7. The number of rotatable bonds is 21. The van der Waals surface area contributed by atoms with E-state index in [-0.39, 0.29) is 29.8 Å². The SMILES string of the molecule is CC(=O)Nc1nc2ccc(-c3nn(Cc4cc5ccccc5nc4CCN4CCN(C)CC4)c4ncnc(N)c34)cc2s1.CN1CCN(CCc2nc3ccccc3cc2Cn2nc(-c3cc(O)cc(F)c3)c3c(N)ncnc32)CC1.Nc1cc(-c2nn(Cc3cc4ccccc4nc3-c3ccccc3)c3ncnc(N)c23)ccn1.Nc1cc(-c2nn(Cc3cc4ccccc4nc3-c3ccccc3F)c3ncnc(N)c23)ccn1. The van der Waals surface area contributed by atoms with E-state index in [1.807, 2.05) is 131 Å². The monoisotopic (exact) mass is 2010 g/mol. The number of carbonyl (C=O) groups excluding carboxylic acids is 1. The lowest BCUT2D eigenvalue weighted by atomic mass is 10.0. The number of para-hydroxylation sites is 4. The van der Waals surface area contributed by atoms with E-state index < -0.39 is 5.82 Å². The number of anilines is 7. The van der Waals surface area contributed by atoms with E-state index in [4.69, 9.17) is 74.7 Å². The Labute approximate surface area is 860 Å². The molecule has 39 heteroatoms. The highest BCUT2D eigenvalue weighted by Gasteiger charge is 2.29. The second-order valence-electron chi connectivity index (χ2n) is 37.0. The number of carbonyl (C=O) groups is 1. The molecule has 1 amide bonds. The van der Waals surface area contributed by atoms with Crippen LogP contribution in [0.25, 0.3) is 166 Å². The molecule has 0 unspecified atom stereocenters. The molecule has 2 fully saturated rings. The first-order chi connectivity index (χ1) is 73.1. The maximum Gasteiger partial charge on any atom is 0.223 e. The van der Waals surface area contributed by atoms with Gasteiger partial charge in [0.25, 0.3) is 0 Å². The number of halogens is 2. The van der Waals surface area contributed by atoms with Gasteiger partial charge in [-0.15, -0.1) is 0 Å². The van der Waals surface area contributed by atoms with Gasteiger partial charge in [-0.25, -0.2) is 92.3 Å². The topological polar surface area (TPSA) is 483 Å². The van der Waals surface area contributed by atoms with Crippen molar-refractivity contribution >= 4 is 155 Å². The fraction of sp³-hybridized carbons (Fsp3) is 0.171. The zero-order chi connectivity index (χ0) is 103. The van der Waals surface area contributed by atoms with Gasteiger partial charge in [0.2, 0.25) is 5.91 Å². The summed E-state index contributed by atoms with van der Waals surface area (Å²) in [6.07, 6.45) is 10.7. The number of nitrogens with two attached hydrogens (primary N) is 6. The van der Waals surface area contributed by atoms with Crippen LogP contribution < -0.4 is 39.7 Å². The van der Waals surface area contributed by atoms with Crippen LogP contribution >= 0.6 is 11.3 Å². The maximum absolute atomic E-state index is 14.8. The Kier molecular flexibility index (Phi) is 26.9. The molecule has 2 saturated heterocycles. The van der Waals surface area contributed by atoms with Crippen LogP contribution in [0.1, 0.15) is 40.6 Å². The highest BCUT2D eigenvalue weighted by atomic mass is 32.1. The number of piperazine rings is 2. The predicted octanol–water partition coefficient (Wildman–Crippen LogP) is 16.1. The average molecular weight is 2010 g/mol. The summed E-state index contributed by atoms with van der Waals surface area (Å²) in [4.78, 5) is 88.7. The van der Waals surface area contributed by atoms with Gasteiger partial charge in [-0.05, 0) is 134 Å². The van der Waals surface area contributed by atoms with E-state index >= 15 is 0 Å². The normalized spacial score (nSPS) is 13.2. The number of fused-ring (bicyclic) bond motifs is 9. The Morgan fingerprint density at radius 3 is 1.18 bits per heavy atom. The number of hydrogen-bond donors (Lipinski definition) is 8. The van der Waals surface area contributed by atoms with Crippen molar-refractivity contribution in [1.29, 1.82) is 0 Å². The minimum absolute atomic E-state index is 0.153. The number of amides is 1. The predicted molar refractivity (Wildman–Crippen MR) is 584 cm³/mol. The zero-order valence-corrected chi connectivity index (χ0v) is 82.7. The molecular weight excluding hydrogens is 1910 g/mol. The molecule has 25 rings (SSSR count). The van der Waals surface area contributed by atoms with Crippen molar-refractivity contribution in [2.75, 3.05) is 119 Å². The standard InChI is InChI=1S/C31H32N10OS.C28H29FN8O.C26H19FN8.C26H20N8/c1-19(42)35-31-37-25-8-7-21(16-26(25)43-31)28-27-29(32)33-18-34-30(27)41(38-28)17-22-15-20-5-3-4-6-23(20)36-24(22)9-10-40-13-11-39(2)12-14-40;1-35-8-10-36(11-9-35)7-6-24-20(12-18-4-2-3-5-23(18)33-24)16-37-28-25(27(30)31-17-32-28)26(34-37)19-13-21(29)15-22(38)14-19;27-19-7-3-2-6-18(19)23-17(11-15-5-1-4-8-20(15)33-23)13-35-26-22(25(29)31-14-32-26)24(34-35)16-9-10-30-21(28)12-16;27-21-13-18(10-11-29-21)24-22-25(28)30-15-31-26(22)34(33-24)14-19-12-17-8-4-5-9-20(17)32-23(19)16-6-2-1-3-7-16/h3-8,15-16,18H,9-14,17H2,1-2H3,(H2,32,33,34)(H,35,37,42);2-5,12-15,17,38H,6-11,16H2,1H3,(H2,30,31,32);1-12,14H,13H2,(H2,28,30)(H2,29,31,32);1-13,15H,14H2,(H2,27,29)(H2,28,30,31). The Bertz CT molecular complexity index is 9040. The lowest BCUT2D eigenvalue weighted by Gasteiger charge is -2.32. The summed E-state index contributed by atoms with van der Waals surface area (Å²) in [5.74, 6) is 0.793. The summed E-state index contributed by atoms with van der Waals surface area (Å²) in [6.45, 7) is 13.5. The lowest BCUT2D eigenvalue weighted by molar-refractivity contribution is -0.114. The molecule has 0 radical (unpaired) electrons. The third kappa shape index (κ3) is 20.5. The molecule has 0 saturated carbocycles. The number of nitrogens with zero attached hydrogens (tertiary/aromatic N) is 27. The van der Waals surface area contributed by atoms with Crippen molar-refractivity contribution in [2.45, 2.75) is 45.9 Å². The molecule has 2 aliphatic heterocycles. The molecule has 8 aromatic carbocycles. The molecule has 0 spiro atoms. The number of nitrogens with one attached hydrogen (secondary N) is 1. The maximum atomic E-state index is 14.8. The van der Waals surface area contributed by atoms with Crippen molar-refractivity contribution in [2.24, 2.45) is 0 Å². The van der Waals surface area contributed by atoms with Gasteiger partial charge in [-0.3, -0.25) is 14.8 Å². The third-order valence-electron chi connectivity index (χ3n) is 26.8. The molecule has 15 aromatic heterocycles. The number of phenolic OH excluding ortho intramolecular Hbond substituents is 1. The first-order valence-electron chi connectivity index (χ1n) is 48.8. The second-order valence-corrected chi connectivity index (χ2v) is 38.0. The molecular formula is C111H100F2N34O2S. The average Bonchev–Trinajstić information content (AvgIpc) is 1.64. The lowest BCUT2D eigenvalue weighted by Crippen LogP contribution is -2.45. The van der Waals surface area contributed by atoms with Crippen molar-refractivity contribution in [3.8, 4) is 73.3 Å². The fourth-order valence-electron chi connectivity index (χ4n) is 19.3. The highest BCUT2D eigenvalue weighted by molar-refractivity contribution is 7.22. The van der Waals surface area contributed by atoms with Crippen LogP contribution in [-0.4, -0.2) is 224 Å². The number of aromatic hydroxyl groups is 1. The first-order valence-corrected chi connectivity index (χ1v) is 49.6. The smallest absolute Gasteiger partial charge is 0.223 e. The molecule has 0 atom stereocenters. The second kappa shape index (κ2) is 42.0. The van der Waals surface area contributed by atoms with Gasteiger partial charge in [-0.2, -0.15) is 20.4 Å². The number of thiazole rings is 1. The number of pyridine rings is 6. The van der Waals surface area contributed by atoms with E-state index in [2.05, 4.69) is 148 Å². The van der Waals surface area contributed by atoms with Crippen LogP contribution in [0.15, 0.2) is 274 Å². The number of nitrogen functional groups attached to an aromatic ring is 6. The molecule has 746 valence electrons. The van der Waals surface area contributed by atoms with Crippen molar-refractivity contribution < 1.29 is 18.7 Å². The molecule has 14 N–H and O–H groups in total. The van der Waals surface area contributed by atoms with Crippen LogP contribution in [0.3, 0.4) is 0 Å². The summed E-state index contributed by atoms with van der Waals surface area (Å²) >= 11 is 1.42. The molecule has 2 aliphatic rings. The van der Waals surface area contributed by atoms with Gasteiger partial charge < -0.3 is 64.4 Å². The van der Waals surface area contributed by atoms with Crippen molar-refractivity contribution in [3.63, 3.8) is 0 Å². The molecule has 17 heterocycles. The summed E-state index contributed by atoms with van der Waals surface area (Å²) in [5.41, 5.74) is 58.0. The number of hydrogen-bond acceptors (Lipinski definition) is 32. The van der Waals surface area contributed by atoms with Gasteiger partial charge in [0.15, 0.2) is 27.7 Å². The summed E-state index contributed by atoms with van der Waals surface area (Å²) in [5, 5.41) is 39.6. The fourth-order valence-corrected chi connectivity index (χ4v) is 20.2. The van der Waals surface area contributed by atoms with E-state index in [1.54, 1.807) is 58.2 Å². The van der Waals surface area contributed by atoms with Gasteiger partial charge in [0.05, 0.1) is 91.4 Å².